The molecule has 2 saturated heterocycles. The van der Waals surface area contributed by atoms with Crippen LogP contribution in [0.2, 0.25) is 0 Å². The van der Waals surface area contributed by atoms with Crippen LogP contribution in [0.4, 0.5) is 11.9 Å². The van der Waals surface area contributed by atoms with Crippen molar-refractivity contribution < 1.29 is 9.68 Å². The third-order valence-electron chi connectivity index (χ3n) is 10.4. The van der Waals surface area contributed by atoms with E-state index in [9.17, 15) is 0 Å². The minimum atomic E-state index is -0.110. The van der Waals surface area contributed by atoms with Crippen molar-refractivity contribution in [1.29, 1.82) is 0 Å². The molecule has 2 saturated carbocycles. The van der Waals surface area contributed by atoms with Crippen LogP contribution in [-0.2, 0) is 9.68 Å². The fourth-order valence-corrected chi connectivity index (χ4v) is 9.53. The van der Waals surface area contributed by atoms with Crippen LogP contribution >= 0.6 is 22.9 Å². The third-order valence-corrected chi connectivity index (χ3v) is 11.6. The zero-order valence-electron chi connectivity index (χ0n) is 29.1. The Hall–Kier alpha value is -0.820. The van der Waals surface area contributed by atoms with E-state index in [1.807, 2.05) is 6.92 Å². The number of rotatable bonds is 8. The molecule has 1 aromatic rings. The fourth-order valence-electron chi connectivity index (χ4n) is 8.92. The molecule has 5 rings (SSSR count). The fraction of sp³-hybridized carbons (Fsp3) is 0.912. The molecule has 1 N–H and O–H groups in total. The maximum atomic E-state index is 6.75. The zero-order chi connectivity index (χ0) is 31.9. The first-order valence-electron chi connectivity index (χ1n) is 17.4. The Bertz CT molecular complexity index is 1080. The molecule has 9 nitrogen and oxygen atoms in total. The molecule has 0 bridgehead atoms. The Morgan fingerprint density at radius 3 is 1.55 bits per heavy atom. The molecule has 4 aliphatic rings. The monoisotopic (exact) mass is 725 g/mol. The highest BCUT2D eigenvalue weighted by atomic mass is 127. The van der Waals surface area contributed by atoms with E-state index >= 15 is 0 Å². The molecule has 0 spiro atoms. The molecule has 2 aliphatic carbocycles. The van der Waals surface area contributed by atoms with Gasteiger partial charge in [0, 0.05) is 34.2 Å². The topological polar surface area (TPSA) is 78.9 Å². The molecule has 0 unspecified atom stereocenters. The average molecular weight is 726 g/mol. The quantitative estimate of drug-likeness (QED) is 0.210. The standard InChI is InChI=1S/C34H60IN7O2/c1-24-36-29(38-25-20-31(2,3)41(32(4,5)21-25)43-27-16-12-10-13-17-27)39-30(37-24)40(35)26-22-33(6,7)42(34(8,9)23-26)44-28-18-14-11-15-19-28/h25-28H,10-23H2,1-9H3,(H,36,37,38,39). The molecule has 0 atom stereocenters. The van der Waals surface area contributed by atoms with Gasteiger partial charge in [0.05, 0.1) is 35.1 Å². The van der Waals surface area contributed by atoms with Crippen molar-refractivity contribution in [1.82, 2.24) is 25.1 Å². The summed E-state index contributed by atoms with van der Waals surface area (Å²) in [4.78, 5) is 28.1. The van der Waals surface area contributed by atoms with Crippen LogP contribution in [-0.4, -0.2) is 71.5 Å². The van der Waals surface area contributed by atoms with Crippen LogP contribution in [0.1, 0.15) is 151 Å². The van der Waals surface area contributed by atoms with Gasteiger partial charge in [0.1, 0.15) is 5.82 Å². The number of nitrogens with zero attached hydrogens (tertiary/aromatic N) is 6. The Balaban J connectivity index is 1.27. The molecule has 0 amide bonds. The number of anilines is 2. The number of piperidine rings is 2. The molecular formula is C34H60IN7O2. The minimum Gasteiger partial charge on any atom is -0.351 e. The van der Waals surface area contributed by atoms with E-state index in [-0.39, 0.29) is 34.2 Å². The van der Waals surface area contributed by atoms with E-state index < -0.39 is 0 Å². The lowest BCUT2D eigenvalue weighted by molar-refractivity contribution is -0.309. The Labute approximate surface area is 281 Å². The van der Waals surface area contributed by atoms with E-state index in [1.165, 1.54) is 64.2 Å². The van der Waals surface area contributed by atoms with E-state index in [1.54, 1.807) is 0 Å². The maximum Gasteiger partial charge on any atom is 0.239 e. The summed E-state index contributed by atoms with van der Waals surface area (Å²) in [6.45, 7) is 20.5. The summed E-state index contributed by atoms with van der Waals surface area (Å²) in [7, 11) is 0. The van der Waals surface area contributed by atoms with Crippen LogP contribution in [0.15, 0.2) is 0 Å². The summed E-state index contributed by atoms with van der Waals surface area (Å²) in [5.41, 5.74) is -0.438. The Morgan fingerprint density at radius 2 is 1.09 bits per heavy atom. The number of nitrogens with one attached hydrogen (secondary N) is 1. The normalized spacial score (nSPS) is 27.3. The van der Waals surface area contributed by atoms with Crippen molar-refractivity contribution >= 4 is 34.8 Å². The second kappa shape index (κ2) is 13.4. The van der Waals surface area contributed by atoms with Gasteiger partial charge in [-0.1, -0.05) is 38.5 Å². The van der Waals surface area contributed by atoms with Gasteiger partial charge < -0.3 is 5.32 Å². The van der Waals surface area contributed by atoms with Gasteiger partial charge in [0.15, 0.2) is 0 Å². The van der Waals surface area contributed by atoms with E-state index in [0.717, 1.165) is 37.5 Å². The van der Waals surface area contributed by atoms with E-state index in [4.69, 9.17) is 24.6 Å². The maximum absolute atomic E-state index is 6.75. The first-order chi connectivity index (χ1) is 20.6. The lowest BCUT2D eigenvalue weighted by atomic mass is 9.79. The summed E-state index contributed by atoms with van der Waals surface area (Å²) < 4.78 is 2.26. The van der Waals surface area contributed by atoms with Crippen LogP contribution in [0, 0.1) is 6.92 Å². The SMILES string of the molecule is Cc1nc(NC2CC(C)(C)N(OC3CCCCC3)C(C)(C)C2)nc(N(I)C2CC(C)(C)N(OC3CCCCC3)C(C)(C)C2)n1. The van der Waals surface area contributed by atoms with Gasteiger partial charge in [0.25, 0.3) is 0 Å². The van der Waals surface area contributed by atoms with Gasteiger partial charge >= 0.3 is 0 Å². The van der Waals surface area contributed by atoms with Crippen molar-refractivity contribution in [3.63, 3.8) is 0 Å². The second-order valence-electron chi connectivity index (χ2n) is 16.7. The smallest absolute Gasteiger partial charge is 0.239 e. The van der Waals surface area contributed by atoms with Crippen molar-refractivity contribution in [2.75, 3.05) is 8.43 Å². The highest BCUT2D eigenvalue weighted by Crippen LogP contribution is 2.44. The highest BCUT2D eigenvalue weighted by Gasteiger charge is 2.50. The number of hydrogen-bond acceptors (Lipinski definition) is 9. The van der Waals surface area contributed by atoms with Crippen LogP contribution < -0.4 is 8.43 Å². The van der Waals surface area contributed by atoms with Crippen LogP contribution in [0.5, 0.6) is 0 Å². The van der Waals surface area contributed by atoms with Crippen molar-refractivity contribution in [2.24, 2.45) is 0 Å². The lowest BCUT2D eigenvalue weighted by Gasteiger charge is -2.55. The first-order valence-corrected chi connectivity index (χ1v) is 18.4. The predicted octanol–water partition coefficient (Wildman–Crippen LogP) is 8.32. The minimum absolute atomic E-state index is 0.109. The molecule has 0 aromatic carbocycles. The molecule has 2 aliphatic heterocycles. The van der Waals surface area contributed by atoms with Gasteiger partial charge in [-0.25, -0.2) is 0 Å². The summed E-state index contributed by atoms with van der Waals surface area (Å²) in [5.74, 6) is 2.15. The molecule has 0 radical (unpaired) electrons. The second-order valence-corrected chi connectivity index (χ2v) is 17.7. The average Bonchev–Trinajstić information content (AvgIpc) is 2.92. The Kier molecular flexibility index (Phi) is 10.5. The molecule has 250 valence electrons. The van der Waals surface area contributed by atoms with Gasteiger partial charge in [-0.2, -0.15) is 25.1 Å². The lowest BCUT2D eigenvalue weighted by Crippen LogP contribution is -2.64. The largest absolute Gasteiger partial charge is 0.351 e. The number of hydroxylamine groups is 4. The zero-order valence-corrected chi connectivity index (χ0v) is 31.2. The number of aryl methyl sites for hydroxylation is 1. The summed E-state index contributed by atoms with van der Waals surface area (Å²) >= 11 is 2.44. The molecule has 3 heterocycles. The first kappa shape index (κ1) is 34.5. The summed E-state index contributed by atoms with van der Waals surface area (Å²) in [5, 5.41) is 8.39. The number of aromatic nitrogens is 3. The third kappa shape index (κ3) is 8.00. The van der Waals surface area contributed by atoms with Crippen molar-refractivity contribution in [3.05, 3.63) is 5.82 Å². The highest BCUT2D eigenvalue weighted by molar-refractivity contribution is 14.1. The van der Waals surface area contributed by atoms with Crippen LogP contribution in [0.25, 0.3) is 0 Å². The van der Waals surface area contributed by atoms with E-state index in [0.29, 0.717) is 18.2 Å². The number of hydrogen-bond donors (Lipinski definition) is 1. The molecule has 44 heavy (non-hydrogen) atoms. The molecule has 4 fully saturated rings. The summed E-state index contributed by atoms with van der Waals surface area (Å²) in [6.07, 6.45) is 17.0. The summed E-state index contributed by atoms with van der Waals surface area (Å²) in [6, 6.07) is 0.515. The van der Waals surface area contributed by atoms with Gasteiger partial charge in [-0.15, -0.1) is 0 Å². The van der Waals surface area contributed by atoms with Crippen molar-refractivity contribution in [3.8, 4) is 0 Å². The molecule has 1 aromatic heterocycles. The van der Waals surface area contributed by atoms with Crippen molar-refractivity contribution in [2.45, 2.75) is 199 Å². The number of halogens is 1. The van der Waals surface area contributed by atoms with Gasteiger partial charge in [-0.3, -0.25) is 12.8 Å². The molecule has 10 heteroatoms. The van der Waals surface area contributed by atoms with E-state index in [2.05, 4.69) is 96.8 Å². The predicted molar refractivity (Wildman–Crippen MR) is 187 cm³/mol. The Morgan fingerprint density at radius 1 is 0.659 bits per heavy atom. The van der Waals surface area contributed by atoms with Gasteiger partial charge in [0.2, 0.25) is 11.9 Å². The van der Waals surface area contributed by atoms with Gasteiger partial charge in [-0.05, 0) is 114 Å². The molecular weight excluding hydrogens is 665 g/mol. The van der Waals surface area contributed by atoms with Crippen LogP contribution in [0.3, 0.4) is 0 Å².